The van der Waals surface area contributed by atoms with Crippen molar-refractivity contribution in [3.05, 3.63) is 45.5 Å². The predicted molar refractivity (Wildman–Crippen MR) is 85.9 cm³/mol. The SMILES string of the molecule is CS(=O)(=O)c1ccc(C(=O)C2=CC3CCC(O)(C3)C2=O)c([N+](=O)[O-])c1. The third-order valence-electron chi connectivity index (χ3n) is 4.68. The van der Waals surface area contributed by atoms with Gasteiger partial charge in [0.15, 0.2) is 15.6 Å². The molecule has 1 fully saturated rings. The van der Waals surface area contributed by atoms with E-state index in [0.717, 1.165) is 24.5 Å². The first-order chi connectivity index (χ1) is 11.5. The van der Waals surface area contributed by atoms with Crippen LogP contribution in [0.25, 0.3) is 0 Å². The van der Waals surface area contributed by atoms with Gasteiger partial charge in [-0.1, -0.05) is 6.08 Å². The average Bonchev–Trinajstić information content (AvgIpc) is 2.87. The second kappa shape index (κ2) is 5.57. The molecule has 2 unspecified atom stereocenters. The number of rotatable bonds is 4. The first kappa shape index (κ1) is 17.4. The van der Waals surface area contributed by atoms with Crippen molar-refractivity contribution < 1.29 is 28.0 Å². The second-order valence-electron chi connectivity index (χ2n) is 6.48. The maximum absolute atomic E-state index is 12.7. The van der Waals surface area contributed by atoms with Gasteiger partial charge in [-0.3, -0.25) is 19.7 Å². The number of aliphatic hydroxyl groups is 1. The maximum atomic E-state index is 12.7. The maximum Gasteiger partial charge on any atom is 0.281 e. The monoisotopic (exact) mass is 365 g/mol. The molecule has 0 radical (unpaired) electrons. The summed E-state index contributed by atoms with van der Waals surface area (Å²) in [6.07, 6.45) is 3.42. The van der Waals surface area contributed by atoms with Crippen LogP contribution in [0.2, 0.25) is 0 Å². The van der Waals surface area contributed by atoms with Crippen molar-refractivity contribution in [3.63, 3.8) is 0 Å². The van der Waals surface area contributed by atoms with Gasteiger partial charge >= 0.3 is 0 Å². The number of Topliss-reactive ketones (excluding diaryl/α,β-unsaturated/α-hetero) is 2. The molecular formula is C16H15NO7S. The number of nitrogens with zero attached hydrogens (tertiary/aromatic N) is 1. The first-order valence-electron chi connectivity index (χ1n) is 7.55. The Morgan fingerprint density at radius 3 is 2.68 bits per heavy atom. The van der Waals surface area contributed by atoms with E-state index in [9.17, 15) is 33.2 Å². The molecule has 2 aliphatic rings. The molecule has 1 aromatic rings. The Bertz CT molecular complexity index is 947. The van der Waals surface area contributed by atoms with E-state index in [2.05, 4.69) is 0 Å². The van der Waals surface area contributed by atoms with Gasteiger partial charge in [0.25, 0.3) is 5.69 Å². The summed E-state index contributed by atoms with van der Waals surface area (Å²) in [5.41, 5.74) is -2.92. The van der Waals surface area contributed by atoms with E-state index in [1.165, 1.54) is 6.08 Å². The molecule has 1 aromatic carbocycles. The molecule has 2 aliphatic carbocycles. The van der Waals surface area contributed by atoms with Crippen LogP contribution >= 0.6 is 0 Å². The van der Waals surface area contributed by atoms with Crippen LogP contribution in [-0.2, 0) is 14.6 Å². The Balaban J connectivity index is 2.09. The van der Waals surface area contributed by atoms with Crippen LogP contribution in [0.4, 0.5) is 5.69 Å². The van der Waals surface area contributed by atoms with E-state index in [1.807, 2.05) is 0 Å². The van der Waals surface area contributed by atoms with E-state index >= 15 is 0 Å². The minimum Gasteiger partial charge on any atom is -0.382 e. The Kier molecular flexibility index (Phi) is 3.88. The van der Waals surface area contributed by atoms with Crippen LogP contribution < -0.4 is 0 Å². The Labute approximate surface area is 143 Å². The Hall–Kier alpha value is -2.39. The van der Waals surface area contributed by atoms with Gasteiger partial charge in [-0.05, 0) is 37.3 Å². The molecule has 0 aromatic heterocycles. The van der Waals surface area contributed by atoms with Gasteiger partial charge in [0, 0.05) is 12.3 Å². The molecule has 0 heterocycles. The number of sulfone groups is 1. The summed E-state index contributed by atoms with van der Waals surface area (Å²) >= 11 is 0. The topological polar surface area (TPSA) is 132 Å². The van der Waals surface area contributed by atoms with E-state index in [0.29, 0.717) is 6.42 Å². The lowest BCUT2D eigenvalue weighted by Crippen LogP contribution is -2.41. The fourth-order valence-electron chi connectivity index (χ4n) is 3.38. The largest absolute Gasteiger partial charge is 0.382 e. The van der Waals surface area contributed by atoms with Gasteiger partial charge in [0.05, 0.1) is 15.4 Å². The molecule has 2 atom stereocenters. The van der Waals surface area contributed by atoms with Gasteiger partial charge in [0.2, 0.25) is 5.78 Å². The van der Waals surface area contributed by atoms with Crippen molar-refractivity contribution in [2.24, 2.45) is 5.92 Å². The molecule has 2 bridgehead atoms. The summed E-state index contributed by atoms with van der Waals surface area (Å²) in [6, 6.07) is 2.93. The van der Waals surface area contributed by atoms with Crippen molar-refractivity contribution in [1.29, 1.82) is 0 Å². The number of nitro benzene ring substituents is 1. The van der Waals surface area contributed by atoms with Gasteiger partial charge < -0.3 is 5.11 Å². The highest BCUT2D eigenvalue weighted by Crippen LogP contribution is 2.43. The van der Waals surface area contributed by atoms with Crippen molar-refractivity contribution in [1.82, 2.24) is 0 Å². The highest BCUT2D eigenvalue weighted by molar-refractivity contribution is 7.90. The van der Waals surface area contributed by atoms with Gasteiger partial charge in [-0.15, -0.1) is 0 Å². The smallest absolute Gasteiger partial charge is 0.281 e. The highest BCUT2D eigenvalue weighted by Gasteiger charge is 2.49. The fraction of sp³-hybridized carbons (Fsp3) is 0.375. The zero-order chi connectivity index (χ0) is 18.6. The van der Waals surface area contributed by atoms with E-state index in [1.54, 1.807) is 0 Å². The van der Waals surface area contributed by atoms with Crippen LogP contribution in [-0.4, -0.2) is 41.9 Å². The molecule has 25 heavy (non-hydrogen) atoms. The molecule has 0 spiro atoms. The number of ketones is 2. The molecule has 132 valence electrons. The fourth-order valence-corrected chi connectivity index (χ4v) is 4.02. The summed E-state index contributed by atoms with van der Waals surface area (Å²) in [6.45, 7) is 0. The molecule has 9 heteroatoms. The summed E-state index contributed by atoms with van der Waals surface area (Å²) in [5.74, 6) is -1.73. The van der Waals surface area contributed by atoms with Crippen LogP contribution in [0.15, 0.2) is 34.7 Å². The van der Waals surface area contributed by atoms with Crippen molar-refractivity contribution in [2.75, 3.05) is 6.26 Å². The third kappa shape index (κ3) is 2.89. The normalized spacial score (nSPS) is 25.6. The van der Waals surface area contributed by atoms with Crippen LogP contribution in [0.1, 0.15) is 29.6 Å². The first-order valence-corrected chi connectivity index (χ1v) is 9.44. The lowest BCUT2D eigenvalue weighted by Gasteiger charge is -2.25. The van der Waals surface area contributed by atoms with Gasteiger partial charge in [-0.2, -0.15) is 0 Å². The summed E-state index contributed by atoms with van der Waals surface area (Å²) in [4.78, 5) is 35.2. The Morgan fingerprint density at radius 2 is 2.08 bits per heavy atom. The molecule has 0 saturated heterocycles. The summed E-state index contributed by atoms with van der Waals surface area (Å²) in [5, 5.41) is 21.6. The standard InChI is InChI=1S/C16H15NO7S/c1-25(23,24)10-2-3-11(13(7-10)17(21)22)14(18)12-6-9-4-5-16(20,8-9)15(12)19/h2-3,6-7,9,20H,4-5,8H2,1H3. The lowest BCUT2D eigenvalue weighted by atomic mass is 9.81. The van der Waals surface area contributed by atoms with Crippen molar-refractivity contribution in [2.45, 2.75) is 29.8 Å². The van der Waals surface area contributed by atoms with Gasteiger partial charge in [-0.25, -0.2) is 8.42 Å². The molecular weight excluding hydrogens is 350 g/mol. The van der Waals surface area contributed by atoms with Crippen LogP contribution in [0, 0.1) is 16.0 Å². The van der Waals surface area contributed by atoms with Crippen molar-refractivity contribution >= 4 is 27.1 Å². The zero-order valence-electron chi connectivity index (χ0n) is 13.3. The Morgan fingerprint density at radius 1 is 1.40 bits per heavy atom. The molecule has 0 amide bonds. The predicted octanol–water partition coefficient (Wildman–Crippen LogP) is 1.22. The number of hydrogen-bond donors (Lipinski definition) is 1. The second-order valence-corrected chi connectivity index (χ2v) is 8.50. The minimum absolute atomic E-state index is 0.129. The average molecular weight is 365 g/mol. The van der Waals surface area contributed by atoms with Gasteiger partial charge in [0.1, 0.15) is 11.2 Å². The number of hydrogen-bond acceptors (Lipinski definition) is 7. The van der Waals surface area contributed by atoms with Crippen molar-refractivity contribution in [3.8, 4) is 0 Å². The third-order valence-corrected chi connectivity index (χ3v) is 5.79. The minimum atomic E-state index is -3.69. The summed E-state index contributed by atoms with van der Waals surface area (Å²) < 4.78 is 23.1. The highest BCUT2D eigenvalue weighted by atomic mass is 32.2. The lowest BCUT2D eigenvalue weighted by molar-refractivity contribution is -0.385. The number of allylic oxidation sites excluding steroid dienone is 1. The molecule has 1 N–H and O–H groups in total. The molecule has 3 rings (SSSR count). The zero-order valence-corrected chi connectivity index (χ0v) is 14.1. The van der Waals surface area contributed by atoms with E-state index < -0.39 is 37.6 Å². The van der Waals surface area contributed by atoms with Crippen LogP contribution in [0.3, 0.4) is 0 Å². The molecule has 1 saturated carbocycles. The van der Waals surface area contributed by atoms with E-state index in [-0.39, 0.29) is 34.8 Å². The number of benzene rings is 1. The number of nitro groups is 1. The number of carbonyl (C=O) groups is 2. The molecule has 0 aliphatic heterocycles. The summed E-state index contributed by atoms with van der Waals surface area (Å²) in [7, 11) is -3.69. The molecule has 8 nitrogen and oxygen atoms in total. The van der Waals surface area contributed by atoms with Crippen LogP contribution in [0.5, 0.6) is 0 Å². The number of fused-ring (bicyclic) bond motifs is 2. The number of carbonyl (C=O) groups excluding carboxylic acids is 2. The van der Waals surface area contributed by atoms with E-state index in [4.69, 9.17) is 0 Å². The quantitative estimate of drug-likeness (QED) is 0.367.